The number of aromatic nitrogens is 4. The maximum absolute atomic E-state index is 4.61. The molecule has 3 aromatic rings. The number of benzene rings is 1. The maximum atomic E-state index is 4.61. The lowest BCUT2D eigenvalue weighted by Crippen LogP contribution is -2.06. The van der Waals surface area contributed by atoms with Crippen molar-refractivity contribution in [2.45, 2.75) is 13.3 Å². The molecule has 5 nitrogen and oxygen atoms in total. The third-order valence-electron chi connectivity index (χ3n) is 2.89. The lowest BCUT2D eigenvalue weighted by Gasteiger charge is -1.98. The predicted molar refractivity (Wildman–Crippen MR) is 77.6 cm³/mol. The highest BCUT2D eigenvalue weighted by Crippen LogP contribution is 2.27. The Morgan fingerprint density at radius 2 is 2.26 bits per heavy atom. The molecule has 2 heterocycles. The molecule has 0 bridgehead atoms. The molecule has 19 heavy (non-hydrogen) atoms. The van der Waals surface area contributed by atoms with Gasteiger partial charge in [-0.25, -0.2) is 9.97 Å². The van der Waals surface area contributed by atoms with Gasteiger partial charge in [-0.2, -0.15) is 5.10 Å². The van der Waals surface area contributed by atoms with Crippen LogP contribution in [-0.2, 0) is 13.5 Å². The van der Waals surface area contributed by atoms with Gasteiger partial charge in [0.15, 0.2) is 11.0 Å². The first kappa shape index (κ1) is 12.1. The molecule has 0 unspecified atom stereocenters. The van der Waals surface area contributed by atoms with Crippen LogP contribution in [0.15, 0.2) is 24.5 Å². The van der Waals surface area contributed by atoms with E-state index in [4.69, 9.17) is 0 Å². The molecule has 0 amide bonds. The SMILES string of the molecule is Cc1cccc2sc(NCCc3ncn(C)n3)nc12. The average molecular weight is 273 g/mol. The summed E-state index contributed by atoms with van der Waals surface area (Å²) in [4.78, 5) is 8.81. The highest BCUT2D eigenvalue weighted by Gasteiger charge is 2.05. The number of fused-ring (bicyclic) bond motifs is 1. The topological polar surface area (TPSA) is 55.6 Å². The van der Waals surface area contributed by atoms with Crippen molar-refractivity contribution in [1.82, 2.24) is 19.7 Å². The third kappa shape index (κ3) is 2.58. The van der Waals surface area contributed by atoms with E-state index in [1.54, 1.807) is 22.3 Å². The normalized spacial score (nSPS) is 11.1. The number of para-hydroxylation sites is 1. The number of hydrogen-bond donors (Lipinski definition) is 1. The zero-order valence-electron chi connectivity index (χ0n) is 10.9. The van der Waals surface area contributed by atoms with Crippen LogP contribution < -0.4 is 5.32 Å². The molecule has 2 aromatic heterocycles. The summed E-state index contributed by atoms with van der Waals surface area (Å²) in [7, 11) is 1.88. The maximum Gasteiger partial charge on any atom is 0.183 e. The van der Waals surface area contributed by atoms with E-state index in [0.29, 0.717) is 0 Å². The number of thiazole rings is 1. The van der Waals surface area contributed by atoms with Crippen molar-refractivity contribution in [3.05, 3.63) is 35.9 Å². The molecule has 0 spiro atoms. The molecule has 0 fully saturated rings. The minimum Gasteiger partial charge on any atom is -0.361 e. The van der Waals surface area contributed by atoms with Crippen LogP contribution in [0.1, 0.15) is 11.4 Å². The highest BCUT2D eigenvalue weighted by molar-refractivity contribution is 7.22. The van der Waals surface area contributed by atoms with Crippen LogP contribution in [0, 0.1) is 6.92 Å². The molecule has 0 aliphatic carbocycles. The summed E-state index contributed by atoms with van der Waals surface area (Å²) in [6.45, 7) is 2.88. The van der Waals surface area contributed by atoms with Gasteiger partial charge in [-0.3, -0.25) is 4.68 Å². The number of nitrogens with one attached hydrogen (secondary N) is 1. The fourth-order valence-electron chi connectivity index (χ4n) is 1.94. The van der Waals surface area contributed by atoms with Crippen molar-refractivity contribution in [3.63, 3.8) is 0 Å². The van der Waals surface area contributed by atoms with Crippen LogP contribution in [0.2, 0.25) is 0 Å². The van der Waals surface area contributed by atoms with Crippen LogP contribution in [0.3, 0.4) is 0 Å². The fourth-order valence-corrected chi connectivity index (χ4v) is 2.91. The van der Waals surface area contributed by atoms with E-state index in [1.165, 1.54) is 10.3 Å². The van der Waals surface area contributed by atoms with Gasteiger partial charge in [0.1, 0.15) is 6.33 Å². The lowest BCUT2D eigenvalue weighted by atomic mass is 10.2. The van der Waals surface area contributed by atoms with Gasteiger partial charge in [-0.05, 0) is 18.6 Å². The Labute approximate surface area is 115 Å². The first-order valence-electron chi connectivity index (χ1n) is 6.17. The Hall–Kier alpha value is -1.95. The second kappa shape index (κ2) is 4.97. The largest absolute Gasteiger partial charge is 0.361 e. The Morgan fingerprint density at radius 3 is 3.00 bits per heavy atom. The van der Waals surface area contributed by atoms with E-state index in [9.17, 15) is 0 Å². The molecule has 0 atom stereocenters. The van der Waals surface area contributed by atoms with Crippen LogP contribution >= 0.6 is 11.3 Å². The van der Waals surface area contributed by atoms with Crippen LogP contribution in [0.5, 0.6) is 0 Å². The van der Waals surface area contributed by atoms with Gasteiger partial charge in [-0.15, -0.1) is 0 Å². The summed E-state index contributed by atoms with van der Waals surface area (Å²) in [6.07, 6.45) is 2.52. The minimum absolute atomic E-state index is 0.795. The summed E-state index contributed by atoms with van der Waals surface area (Å²) in [5, 5.41) is 8.54. The van der Waals surface area contributed by atoms with Gasteiger partial charge in [0.25, 0.3) is 0 Å². The third-order valence-corrected chi connectivity index (χ3v) is 3.87. The minimum atomic E-state index is 0.795. The van der Waals surface area contributed by atoms with E-state index >= 15 is 0 Å². The van der Waals surface area contributed by atoms with Crippen molar-refractivity contribution in [2.75, 3.05) is 11.9 Å². The number of rotatable bonds is 4. The van der Waals surface area contributed by atoms with Gasteiger partial charge in [0.05, 0.1) is 10.2 Å². The Bertz CT molecular complexity index is 700. The summed E-state index contributed by atoms with van der Waals surface area (Å²) in [6, 6.07) is 6.26. The zero-order chi connectivity index (χ0) is 13.2. The molecule has 0 aliphatic rings. The van der Waals surface area contributed by atoms with Crippen LogP contribution in [0.25, 0.3) is 10.2 Å². The van der Waals surface area contributed by atoms with E-state index in [1.807, 2.05) is 7.05 Å². The van der Waals surface area contributed by atoms with E-state index < -0.39 is 0 Å². The molecular weight excluding hydrogens is 258 g/mol. The van der Waals surface area contributed by atoms with Crippen molar-refractivity contribution < 1.29 is 0 Å². The van der Waals surface area contributed by atoms with E-state index in [0.717, 1.165) is 29.4 Å². The number of aryl methyl sites for hydroxylation is 2. The van der Waals surface area contributed by atoms with Crippen molar-refractivity contribution in [2.24, 2.45) is 7.05 Å². The monoisotopic (exact) mass is 273 g/mol. The van der Waals surface area contributed by atoms with Crippen molar-refractivity contribution in [3.8, 4) is 0 Å². The molecular formula is C13H15N5S. The number of hydrogen-bond acceptors (Lipinski definition) is 5. The molecule has 3 rings (SSSR count). The van der Waals surface area contributed by atoms with Gasteiger partial charge in [-0.1, -0.05) is 23.5 Å². The summed E-state index contributed by atoms with van der Waals surface area (Å²) in [5.41, 5.74) is 2.30. The quantitative estimate of drug-likeness (QED) is 0.793. The average Bonchev–Trinajstić information content (AvgIpc) is 2.97. The Morgan fingerprint density at radius 1 is 1.37 bits per heavy atom. The van der Waals surface area contributed by atoms with E-state index in [-0.39, 0.29) is 0 Å². The van der Waals surface area contributed by atoms with Gasteiger partial charge >= 0.3 is 0 Å². The van der Waals surface area contributed by atoms with Crippen LogP contribution in [0.4, 0.5) is 5.13 Å². The summed E-state index contributed by atoms with van der Waals surface area (Å²) in [5.74, 6) is 0.854. The molecule has 0 radical (unpaired) electrons. The molecule has 6 heteroatoms. The standard InChI is InChI=1S/C13H15N5S/c1-9-4-3-5-10-12(9)16-13(19-10)14-7-6-11-15-8-18(2)17-11/h3-5,8H,6-7H2,1-2H3,(H,14,16). The summed E-state index contributed by atoms with van der Waals surface area (Å²) >= 11 is 1.68. The molecule has 1 aromatic carbocycles. The number of nitrogens with zero attached hydrogens (tertiary/aromatic N) is 4. The van der Waals surface area contributed by atoms with Crippen molar-refractivity contribution in [1.29, 1.82) is 0 Å². The highest BCUT2D eigenvalue weighted by atomic mass is 32.1. The first-order chi connectivity index (χ1) is 9.22. The first-order valence-corrected chi connectivity index (χ1v) is 6.98. The Kier molecular flexibility index (Phi) is 3.16. The Balaban J connectivity index is 1.67. The summed E-state index contributed by atoms with van der Waals surface area (Å²) < 4.78 is 2.94. The second-order valence-corrected chi connectivity index (χ2v) is 5.48. The second-order valence-electron chi connectivity index (χ2n) is 4.45. The smallest absolute Gasteiger partial charge is 0.183 e. The van der Waals surface area contributed by atoms with Gasteiger partial charge in [0, 0.05) is 20.0 Å². The molecule has 98 valence electrons. The van der Waals surface area contributed by atoms with Crippen molar-refractivity contribution >= 4 is 26.7 Å². The number of anilines is 1. The predicted octanol–water partition coefficient (Wildman–Crippen LogP) is 2.39. The molecule has 1 N–H and O–H groups in total. The molecule has 0 aliphatic heterocycles. The molecule has 0 saturated carbocycles. The molecule has 0 saturated heterocycles. The van der Waals surface area contributed by atoms with Crippen LogP contribution in [-0.4, -0.2) is 26.3 Å². The lowest BCUT2D eigenvalue weighted by molar-refractivity contribution is 0.742. The van der Waals surface area contributed by atoms with E-state index in [2.05, 4.69) is 45.5 Å². The fraction of sp³-hybridized carbons (Fsp3) is 0.308. The van der Waals surface area contributed by atoms with Gasteiger partial charge < -0.3 is 5.32 Å². The van der Waals surface area contributed by atoms with Gasteiger partial charge in [0.2, 0.25) is 0 Å². The zero-order valence-corrected chi connectivity index (χ0v) is 11.7.